The van der Waals surface area contributed by atoms with Gasteiger partial charge < -0.3 is 109 Å². The fourth-order valence-electron chi connectivity index (χ4n) is 17.7. The third-order valence-corrected chi connectivity index (χ3v) is 29.4. The summed E-state index contributed by atoms with van der Waals surface area (Å²) in [5.41, 5.74) is 12.4. The molecule has 0 saturated carbocycles. The number of nitrogens with zero attached hydrogens (tertiary/aromatic N) is 25. The van der Waals surface area contributed by atoms with E-state index in [0.29, 0.717) is 154 Å². The smallest absolute Gasteiger partial charge is 0.279 e. The van der Waals surface area contributed by atoms with Crippen molar-refractivity contribution in [3.05, 3.63) is 151 Å². The number of aryl methyl sites for hydroxylation is 5. The first kappa shape index (κ1) is 99.1. The van der Waals surface area contributed by atoms with Crippen LogP contribution in [0.1, 0.15) is 130 Å². The van der Waals surface area contributed by atoms with Gasteiger partial charge in [-0.05, 0) is 168 Å². The van der Waals surface area contributed by atoms with E-state index in [0.717, 1.165) is 158 Å². The standard InChI is InChI=1S/C25H32N8O3S.C25H32N8O2S.C25H31N7O2S.C21H23N7O3S/c1-5-33-22-19(30(3)23(35)21-24(33)37-16(2)27-21)15-26-25(29-22)28-18-7-6-17(14-20(18)36-4)32-10-8-31(9-11-32)12-13-34;1-7-33-22-19(31(5)23(34)21-24(33)36-16(3)27-21)14-26-25(29-22)28-17-12-15(2)18(13-20(17)35-6)32-10-8-30(4)9-11-32;1-6-32-22-19(31(4)23(33)21-24(32)35-15(2)27-21)14-26-25(29-22)28-18-8-7-17(13-20(18)34-5)16-9-11-30(3)12-10-16;1-6-28-17-14(27(4)19(30)16-20(28)32-11(2)24-16)10-23-21(26-17)25-13-8-7-12(18(29)22-3)9-15(13)31-5/h6-7,14-15,34H,5,8-13H2,1-4H3,(H,26,28,29);12-14H,7-11H2,1-6H3,(H,26,28,29);7-8,13-14,16H,6,9-12H2,1-5H3,(H,26,28,29);7-10H,6H2,1-5H3,(H,22,29)(H,23,25,26). The number of benzene rings is 4. The number of amides is 5. The van der Waals surface area contributed by atoms with Crippen LogP contribution in [0.3, 0.4) is 0 Å². The Labute approximate surface area is 829 Å². The van der Waals surface area contributed by atoms with Crippen molar-refractivity contribution in [1.29, 1.82) is 0 Å². The van der Waals surface area contributed by atoms with Crippen molar-refractivity contribution in [3.8, 4) is 23.0 Å². The van der Waals surface area contributed by atoms with Gasteiger partial charge in [-0.15, -0.1) is 45.3 Å². The first-order valence-electron chi connectivity index (χ1n) is 46.3. The number of β-amino-alcohol motifs (C(OH)–C–C–N with tert-alkyl or cyclic N) is 1. The molecule has 44 heteroatoms. The summed E-state index contributed by atoms with van der Waals surface area (Å²) in [5.74, 6) is 6.51. The number of nitrogens with one attached hydrogen (secondary N) is 5. The molecule has 40 nitrogen and oxygen atoms in total. The Bertz CT molecular complexity index is 6610. The lowest BCUT2D eigenvalue weighted by atomic mass is 9.89. The Balaban J connectivity index is 0.000000135. The lowest BCUT2D eigenvalue weighted by Crippen LogP contribution is -2.47. The first-order valence-corrected chi connectivity index (χ1v) is 49.6. The fourth-order valence-corrected chi connectivity index (χ4v) is 21.6. The van der Waals surface area contributed by atoms with Gasteiger partial charge in [0, 0.05) is 149 Å². The Morgan fingerprint density at radius 2 is 0.743 bits per heavy atom. The number of carbonyl (C=O) groups is 5. The number of piperidine rings is 1. The van der Waals surface area contributed by atoms with E-state index in [4.69, 9.17) is 38.9 Å². The normalized spacial score (nSPS) is 15.4. The van der Waals surface area contributed by atoms with Crippen LogP contribution >= 0.6 is 45.3 Å². The van der Waals surface area contributed by atoms with Crippen molar-refractivity contribution >= 4 is 199 Å². The van der Waals surface area contributed by atoms with Gasteiger partial charge in [0.1, 0.15) is 65.8 Å². The van der Waals surface area contributed by atoms with Crippen molar-refractivity contribution in [2.75, 3.05) is 253 Å². The number of hydrogen-bond acceptors (Lipinski definition) is 39. The third-order valence-electron chi connectivity index (χ3n) is 25.4. The molecule has 7 aliphatic heterocycles. The number of carbonyl (C=O) groups excluding carboxylic acids is 5. The average Bonchev–Trinajstić information content (AvgIpc) is 1.63. The maximum Gasteiger partial charge on any atom is 0.279 e. The lowest BCUT2D eigenvalue weighted by Gasteiger charge is -2.36. The highest BCUT2D eigenvalue weighted by Crippen LogP contribution is 2.49. The van der Waals surface area contributed by atoms with Gasteiger partial charge in [0.15, 0.2) is 46.0 Å². The fraction of sp³-hybridized carbons (Fsp3) is 0.406. The van der Waals surface area contributed by atoms with Crippen LogP contribution < -0.4 is 94.5 Å². The van der Waals surface area contributed by atoms with Gasteiger partial charge in [-0.3, -0.25) is 28.9 Å². The average molecular weight is 1980 g/mol. The van der Waals surface area contributed by atoms with E-state index in [1.54, 1.807) is 114 Å². The molecule has 3 saturated heterocycles. The molecule has 3 fully saturated rings. The zero-order chi connectivity index (χ0) is 99.3. The maximum absolute atomic E-state index is 13.1. The maximum atomic E-state index is 13.1. The molecule has 19 rings (SSSR count). The van der Waals surface area contributed by atoms with Crippen LogP contribution in [0.5, 0.6) is 23.0 Å². The number of thiazole rings is 4. The second-order valence-corrected chi connectivity index (χ2v) is 38.9. The summed E-state index contributed by atoms with van der Waals surface area (Å²) < 4.78 is 22.6. The minimum absolute atomic E-state index is 0.156. The second-order valence-electron chi connectivity index (χ2n) is 34.2. The Morgan fingerprint density at radius 3 is 1.11 bits per heavy atom. The van der Waals surface area contributed by atoms with Crippen molar-refractivity contribution < 1.29 is 48.0 Å². The Hall–Kier alpha value is -13.9. The van der Waals surface area contributed by atoms with Gasteiger partial charge >= 0.3 is 0 Å². The van der Waals surface area contributed by atoms with Crippen LogP contribution in [-0.4, -0.2) is 292 Å². The number of likely N-dealkylation sites (tertiary alicyclic amines) is 1. The minimum atomic E-state index is -0.210. The van der Waals surface area contributed by atoms with E-state index in [9.17, 15) is 29.1 Å². The Morgan fingerprint density at radius 1 is 0.400 bits per heavy atom. The predicted octanol–water partition coefficient (Wildman–Crippen LogP) is 14.3. The number of fused-ring (bicyclic) bond motifs is 8. The predicted molar refractivity (Wildman–Crippen MR) is 555 cm³/mol. The van der Waals surface area contributed by atoms with Gasteiger partial charge in [0.25, 0.3) is 29.5 Å². The van der Waals surface area contributed by atoms with Gasteiger partial charge in [-0.25, -0.2) is 39.9 Å². The molecule has 15 heterocycles. The molecule has 0 bridgehead atoms. The summed E-state index contributed by atoms with van der Waals surface area (Å²) in [7, 11) is 19.3. The van der Waals surface area contributed by atoms with Crippen LogP contribution in [0.15, 0.2) is 91.5 Å². The minimum Gasteiger partial charge on any atom is -0.495 e. The van der Waals surface area contributed by atoms with Crippen LogP contribution in [-0.2, 0) is 0 Å². The van der Waals surface area contributed by atoms with Crippen LogP contribution in [0.2, 0.25) is 0 Å². The number of aliphatic hydroxyl groups is 1. The summed E-state index contributed by atoms with van der Waals surface area (Å²) in [6.45, 7) is 31.1. The molecule has 5 amide bonds. The third kappa shape index (κ3) is 20.3. The molecule has 6 N–H and O–H groups in total. The number of aromatic nitrogens is 12. The largest absolute Gasteiger partial charge is 0.495 e. The molecule has 12 aromatic rings. The van der Waals surface area contributed by atoms with Crippen LogP contribution in [0, 0.1) is 34.6 Å². The molecule has 0 unspecified atom stereocenters. The summed E-state index contributed by atoms with van der Waals surface area (Å²) in [4.78, 5) is 145. The first-order chi connectivity index (χ1) is 67.5. The van der Waals surface area contributed by atoms with Crippen molar-refractivity contribution in [2.45, 2.75) is 81.1 Å². The number of hydrogen-bond donors (Lipinski definition) is 6. The van der Waals surface area contributed by atoms with E-state index in [-0.39, 0.29) is 36.1 Å². The molecular formula is C96H118N30O10S4. The molecule has 4 aromatic carbocycles. The Kier molecular flexibility index (Phi) is 30.3. The summed E-state index contributed by atoms with van der Waals surface area (Å²) >= 11 is 5.94. The summed E-state index contributed by atoms with van der Waals surface area (Å²) in [5, 5.41) is 31.4. The molecule has 0 spiro atoms. The van der Waals surface area contributed by atoms with E-state index in [1.807, 2.05) is 93.2 Å². The summed E-state index contributed by atoms with van der Waals surface area (Å²) in [6, 6.07) is 21.6. The molecule has 8 aromatic heterocycles. The van der Waals surface area contributed by atoms with Crippen LogP contribution in [0.4, 0.5) is 124 Å². The van der Waals surface area contributed by atoms with Gasteiger partial charge in [0.05, 0.1) is 103 Å². The van der Waals surface area contributed by atoms with E-state index >= 15 is 0 Å². The van der Waals surface area contributed by atoms with E-state index in [1.165, 1.54) is 68.6 Å². The van der Waals surface area contributed by atoms with Gasteiger partial charge in [-0.2, -0.15) is 19.9 Å². The zero-order valence-corrected chi connectivity index (χ0v) is 85.7. The number of likely N-dealkylation sites (N-methyl/N-ethyl adjacent to an activating group) is 1. The monoisotopic (exact) mass is 1980 g/mol. The van der Waals surface area contributed by atoms with Crippen molar-refractivity contribution in [2.24, 2.45) is 0 Å². The van der Waals surface area contributed by atoms with Crippen molar-refractivity contribution in [1.82, 2.24) is 79.8 Å². The quantitative estimate of drug-likeness (QED) is 0.0367. The highest BCUT2D eigenvalue weighted by atomic mass is 32.1. The van der Waals surface area contributed by atoms with Crippen LogP contribution in [0.25, 0.3) is 0 Å². The number of ether oxygens (including phenoxy) is 4. The number of piperazine rings is 2. The van der Waals surface area contributed by atoms with E-state index in [2.05, 4.69) is 142 Å². The van der Waals surface area contributed by atoms with E-state index < -0.39 is 0 Å². The number of aliphatic hydroxyl groups excluding tert-OH is 1. The molecule has 0 aliphatic carbocycles. The molecule has 736 valence electrons. The molecule has 7 aliphatic rings. The number of methoxy groups -OCH3 is 4. The highest BCUT2D eigenvalue weighted by Gasteiger charge is 2.40. The SMILES string of the molecule is CCN1c2nc(Nc3cc(C)c(N4CCN(C)CC4)cc3OC)ncc2N(C)C(=O)c2nc(C)sc21.CCN1c2nc(Nc3ccc(C(=O)NC)cc3OC)ncc2N(C)C(=O)c2nc(C)sc21.CCN1c2nc(Nc3ccc(C4CCN(C)CC4)cc3OC)ncc2N(C)C(=O)c2nc(C)sc21.CCN1c2nc(Nc3ccc(N4CCN(CCO)CC4)cc3OC)ncc2N(C)C(=O)c2nc(C)sc21. The zero-order valence-electron chi connectivity index (χ0n) is 82.4. The number of rotatable bonds is 22. The second kappa shape index (κ2) is 42.8. The van der Waals surface area contributed by atoms with Crippen molar-refractivity contribution in [3.63, 3.8) is 0 Å². The van der Waals surface area contributed by atoms with Gasteiger partial charge in [0.2, 0.25) is 23.8 Å². The molecular weight excluding hydrogens is 1860 g/mol. The molecule has 140 heavy (non-hydrogen) atoms. The highest BCUT2D eigenvalue weighted by molar-refractivity contribution is 7.17. The number of anilines is 22. The topological polar surface area (TPSA) is 399 Å². The molecule has 0 radical (unpaired) electrons. The molecule has 0 atom stereocenters. The summed E-state index contributed by atoms with van der Waals surface area (Å²) in [6.07, 6.45) is 8.96. The van der Waals surface area contributed by atoms with Gasteiger partial charge in [-0.1, -0.05) is 6.07 Å². The lowest BCUT2D eigenvalue weighted by molar-refractivity contribution is 0.0958.